The van der Waals surface area contributed by atoms with Gasteiger partial charge in [-0.1, -0.05) is 26.8 Å². The Morgan fingerprint density at radius 1 is 1.21 bits per heavy atom. The number of rotatable bonds is 4. The van der Waals surface area contributed by atoms with Crippen LogP contribution in [-0.2, 0) is 4.79 Å². The summed E-state index contributed by atoms with van der Waals surface area (Å²) in [4.78, 5) is 27.6. The third-order valence-corrected chi connectivity index (χ3v) is 8.74. The SMILES string of the molecule is C[C@H]1[C@@H]2[C@@H](O)[C@@H]([C@H](C)C(=O)N3CCCC3)CC[C@@]2(C)CC[C@@H]1NC(=O)Nc1cccc(F)c1. The maximum absolute atomic E-state index is 13.4. The number of hydrogen-bond acceptors (Lipinski definition) is 3. The summed E-state index contributed by atoms with van der Waals surface area (Å²) < 4.78 is 13.4. The van der Waals surface area contributed by atoms with Gasteiger partial charge in [0.05, 0.1) is 6.10 Å². The number of carbonyl (C=O) groups is 2. The first-order chi connectivity index (χ1) is 15.7. The molecule has 2 aliphatic carbocycles. The minimum absolute atomic E-state index is 0.00294. The van der Waals surface area contributed by atoms with E-state index in [1.807, 2.05) is 11.8 Å². The zero-order valence-electron chi connectivity index (χ0n) is 20.0. The monoisotopic (exact) mass is 459 g/mol. The first-order valence-corrected chi connectivity index (χ1v) is 12.5. The molecule has 3 fully saturated rings. The fourth-order valence-corrected chi connectivity index (χ4v) is 6.81. The molecular formula is C26H38FN3O3. The van der Waals surface area contributed by atoms with Crippen molar-refractivity contribution in [1.29, 1.82) is 0 Å². The number of hydrogen-bond donors (Lipinski definition) is 3. The van der Waals surface area contributed by atoms with E-state index in [1.165, 1.54) is 12.1 Å². The standard InChI is InChI=1S/C26H38FN3O3/c1-16(24(32)30-13-4-5-14-30)20-9-11-26(3)12-10-21(17(2)22(26)23(20)31)29-25(33)28-19-8-6-7-18(27)15-19/h6-8,15-17,20-23,31H,4-5,9-14H2,1-3H3,(H2,28,29,33)/t16-,17+,20+,21-,22+,23-,26-/m0/s1. The van der Waals surface area contributed by atoms with Crippen LogP contribution in [0.15, 0.2) is 24.3 Å². The zero-order chi connectivity index (χ0) is 23.8. The molecule has 2 saturated carbocycles. The van der Waals surface area contributed by atoms with Gasteiger partial charge in [0.2, 0.25) is 5.91 Å². The Morgan fingerprint density at radius 3 is 2.61 bits per heavy atom. The Hall–Kier alpha value is -2.15. The smallest absolute Gasteiger partial charge is 0.319 e. The minimum atomic E-state index is -0.573. The average Bonchev–Trinajstić information content (AvgIpc) is 3.30. The first-order valence-electron chi connectivity index (χ1n) is 12.5. The molecule has 1 heterocycles. The third-order valence-electron chi connectivity index (χ3n) is 8.74. The van der Waals surface area contributed by atoms with E-state index in [9.17, 15) is 19.1 Å². The number of nitrogens with one attached hydrogen (secondary N) is 2. The van der Waals surface area contributed by atoms with Crippen LogP contribution < -0.4 is 10.6 Å². The highest BCUT2D eigenvalue weighted by Gasteiger charge is 2.54. The quantitative estimate of drug-likeness (QED) is 0.624. The second kappa shape index (κ2) is 9.61. The van der Waals surface area contributed by atoms with Crippen LogP contribution in [0.3, 0.4) is 0 Å². The van der Waals surface area contributed by atoms with Crippen LogP contribution in [0, 0.1) is 34.9 Å². The molecule has 182 valence electrons. The lowest BCUT2D eigenvalue weighted by molar-refractivity contribution is -0.149. The van der Waals surface area contributed by atoms with Crippen LogP contribution in [0.4, 0.5) is 14.9 Å². The fourth-order valence-electron chi connectivity index (χ4n) is 6.81. The number of nitrogens with zero attached hydrogens (tertiary/aromatic N) is 1. The number of halogens is 1. The maximum Gasteiger partial charge on any atom is 0.319 e. The van der Waals surface area contributed by atoms with Crippen LogP contribution in [-0.4, -0.2) is 47.2 Å². The highest BCUT2D eigenvalue weighted by molar-refractivity contribution is 5.89. The predicted octanol–water partition coefficient (Wildman–Crippen LogP) is 4.40. The Kier molecular flexibility index (Phi) is 6.99. The molecule has 7 heteroatoms. The second-order valence-electron chi connectivity index (χ2n) is 10.8. The van der Waals surface area contributed by atoms with Crippen LogP contribution in [0.5, 0.6) is 0 Å². The lowest BCUT2D eigenvalue weighted by atomic mass is 9.51. The molecule has 0 radical (unpaired) electrons. The second-order valence-corrected chi connectivity index (χ2v) is 10.8. The molecule has 6 nitrogen and oxygen atoms in total. The van der Waals surface area contributed by atoms with Gasteiger partial charge in [-0.25, -0.2) is 9.18 Å². The molecule has 7 atom stereocenters. The largest absolute Gasteiger partial charge is 0.392 e. The Labute approximate surface area is 196 Å². The van der Waals surface area contributed by atoms with Gasteiger partial charge < -0.3 is 20.6 Å². The van der Waals surface area contributed by atoms with Gasteiger partial charge >= 0.3 is 6.03 Å². The molecule has 1 aromatic carbocycles. The molecule has 0 aromatic heterocycles. The van der Waals surface area contributed by atoms with Crippen molar-refractivity contribution in [3.8, 4) is 0 Å². The number of fused-ring (bicyclic) bond motifs is 1. The van der Waals surface area contributed by atoms with E-state index in [0.717, 1.165) is 51.6 Å². The lowest BCUT2D eigenvalue weighted by Gasteiger charge is -2.56. The first kappa shape index (κ1) is 24.0. The van der Waals surface area contributed by atoms with Crippen LogP contribution in [0.2, 0.25) is 0 Å². The van der Waals surface area contributed by atoms with Gasteiger partial charge in [-0.15, -0.1) is 0 Å². The van der Waals surface area contributed by atoms with Gasteiger partial charge in [0.25, 0.3) is 0 Å². The fraction of sp³-hybridized carbons (Fsp3) is 0.692. The van der Waals surface area contributed by atoms with Gasteiger partial charge in [-0.3, -0.25) is 4.79 Å². The molecule has 3 N–H and O–H groups in total. The van der Waals surface area contributed by atoms with Crippen LogP contribution >= 0.6 is 0 Å². The van der Waals surface area contributed by atoms with E-state index in [0.29, 0.717) is 5.69 Å². The van der Waals surface area contributed by atoms with Crippen molar-refractivity contribution >= 4 is 17.6 Å². The topological polar surface area (TPSA) is 81.7 Å². The summed E-state index contributed by atoms with van der Waals surface area (Å²) in [6.45, 7) is 8.00. The number of carbonyl (C=O) groups excluding carboxylic acids is 2. The summed E-state index contributed by atoms with van der Waals surface area (Å²) in [6, 6.07) is 5.38. The van der Waals surface area contributed by atoms with Crippen molar-refractivity contribution in [2.45, 2.75) is 71.4 Å². The van der Waals surface area contributed by atoms with Crippen LogP contribution in [0.1, 0.15) is 59.3 Å². The van der Waals surface area contributed by atoms with E-state index in [2.05, 4.69) is 24.5 Å². The normalized spacial score (nSPS) is 34.9. The lowest BCUT2D eigenvalue weighted by Crippen LogP contribution is -2.59. The van der Waals surface area contributed by atoms with Crippen LogP contribution in [0.25, 0.3) is 0 Å². The van der Waals surface area contributed by atoms with E-state index >= 15 is 0 Å². The van der Waals surface area contributed by atoms with Gasteiger partial charge in [0.1, 0.15) is 5.82 Å². The summed E-state index contributed by atoms with van der Waals surface area (Å²) in [5.74, 6) is -0.401. The van der Waals surface area contributed by atoms with E-state index in [4.69, 9.17) is 0 Å². The summed E-state index contributed by atoms with van der Waals surface area (Å²) in [7, 11) is 0. The van der Waals surface area contributed by atoms with Crippen molar-refractivity contribution in [3.63, 3.8) is 0 Å². The average molecular weight is 460 g/mol. The molecule has 0 unspecified atom stereocenters. The molecule has 3 aliphatic rings. The summed E-state index contributed by atoms with van der Waals surface area (Å²) in [5.41, 5.74) is 0.413. The third kappa shape index (κ3) is 4.88. The highest BCUT2D eigenvalue weighted by Crippen LogP contribution is 2.55. The molecule has 33 heavy (non-hydrogen) atoms. The number of urea groups is 1. The molecule has 3 amide bonds. The molecule has 1 aromatic rings. The molecule has 1 saturated heterocycles. The van der Waals surface area contributed by atoms with Gasteiger partial charge in [-0.05, 0) is 79.9 Å². The number of amides is 3. The molecular weight excluding hydrogens is 421 g/mol. The Bertz CT molecular complexity index is 874. The zero-order valence-corrected chi connectivity index (χ0v) is 20.0. The van der Waals surface area contributed by atoms with Crippen molar-refractivity contribution in [3.05, 3.63) is 30.1 Å². The van der Waals surface area contributed by atoms with Crippen molar-refractivity contribution in [1.82, 2.24) is 10.2 Å². The maximum atomic E-state index is 13.4. The van der Waals surface area contributed by atoms with Crippen molar-refractivity contribution in [2.24, 2.45) is 29.1 Å². The van der Waals surface area contributed by atoms with Gasteiger partial charge in [0.15, 0.2) is 0 Å². The van der Waals surface area contributed by atoms with Gasteiger partial charge in [0, 0.05) is 30.7 Å². The van der Waals surface area contributed by atoms with E-state index in [-0.39, 0.29) is 47.1 Å². The number of likely N-dealkylation sites (tertiary alicyclic amines) is 1. The summed E-state index contributed by atoms with van der Waals surface area (Å²) in [5, 5.41) is 17.3. The predicted molar refractivity (Wildman–Crippen MR) is 126 cm³/mol. The summed E-state index contributed by atoms with van der Waals surface area (Å²) >= 11 is 0. The minimum Gasteiger partial charge on any atom is -0.392 e. The summed E-state index contributed by atoms with van der Waals surface area (Å²) in [6.07, 6.45) is 5.16. The molecule has 0 spiro atoms. The highest BCUT2D eigenvalue weighted by atomic mass is 19.1. The Morgan fingerprint density at radius 2 is 1.91 bits per heavy atom. The number of aliphatic hydroxyl groups excluding tert-OH is 1. The van der Waals surface area contributed by atoms with Crippen molar-refractivity contribution in [2.75, 3.05) is 18.4 Å². The van der Waals surface area contributed by atoms with Crippen molar-refractivity contribution < 1.29 is 19.1 Å². The Balaban J connectivity index is 1.43. The molecule has 0 bridgehead atoms. The number of anilines is 1. The number of aliphatic hydroxyl groups is 1. The number of benzene rings is 1. The van der Waals surface area contributed by atoms with E-state index < -0.39 is 11.9 Å². The van der Waals surface area contributed by atoms with E-state index in [1.54, 1.807) is 12.1 Å². The van der Waals surface area contributed by atoms with Gasteiger partial charge in [-0.2, -0.15) is 0 Å². The molecule has 1 aliphatic heterocycles. The molecule has 4 rings (SSSR count).